The molecule has 0 aromatic heterocycles. The van der Waals surface area contributed by atoms with Gasteiger partial charge in [0, 0.05) is 22.5 Å². The van der Waals surface area contributed by atoms with Gasteiger partial charge in [0.1, 0.15) is 11.6 Å². The van der Waals surface area contributed by atoms with Crippen LogP contribution < -0.4 is 14.8 Å². The Morgan fingerprint density at radius 3 is 2.71 bits per heavy atom. The molecule has 3 rings (SSSR count). The van der Waals surface area contributed by atoms with E-state index in [0.717, 1.165) is 28.2 Å². The Labute approximate surface area is 171 Å². The Morgan fingerprint density at radius 1 is 1.25 bits per heavy atom. The highest BCUT2D eigenvalue weighted by Gasteiger charge is 2.26. The number of halogens is 2. The SMILES string of the molecule is CC(C)NS(=O)(=O)c1ccc(F)c(C(=O)NC2CCOc3ccc(Br)cc32)c1. The fourth-order valence-corrected chi connectivity index (χ4v) is 4.63. The van der Waals surface area contributed by atoms with Crippen molar-refractivity contribution in [1.29, 1.82) is 0 Å². The standard InChI is InChI=1S/C19H20BrFN2O4S/c1-11(2)23-28(25,26)13-4-5-16(21)14(10-13)19(24)22-17-7-8-27-18-6-3-12(20)9-15(17)18/h3-6,9-11,17,23H,7-8H2,1-2H3,(H,22,24). The molecule has 0 saturated carbocycles. The van der Waals surface area contributed by atoms with Crippen molar-refractivity contribution in [2.45, 2.75) is 37.2 Å². The summed E-state index contributed by atoms with van der Waals surface area (Å²) < 4.78 is 47.8. The molecule has 1 amide bonds. The summed E-state index contributed by atoms with van der Waals surface area (Å²) in [5, 5.41) is 2.78. The van der Waals surface area contributed by atoms with Crippen LogP contribution in [0.25, 0.3) is 0 Å². The third-order valence-corrected chi connectivity index (χ3v) is 6.35. The first-order valence-corrected chi connectivity index (χ1v) is 11.0. The zero-order valence-corrected chi connectivity index (χ0v) is 17.7. The van der Waals surface area contributed by atoms with Gasteiger partial charge in [-0.1, -0.05) is 15.9 Å². The number of ether oxygens (including phenoxy) is 1. The van der Waals surface area contributed by atoms with Gasteiger partial charge in [-0.25, -0.2) is 17.5 Å². The minimum absolute atomic E-state index is 0.164. The number of amides is 1. The number of nitrogens with one attached hydrogen (secondary N) is 2. The van der Waals surface area contributed by atoms with Crippen LogP contribution in [0.4, 0.5) is 4.39 Å². The van der Waals surface area contributed by atoms with Crippen molar-refractivity contribution in [3.63, 3.8) is 0 Å². The van der Waals surface area contributed by atoms with Crippen LogP contribution >= 0.6 is 15.9 Å². The molecule has 6 nitrogen and oxygen atoms in total. The minimum Gasteiger partial charge on any atom is -0.493 e. The number of fused-ring (bicyclic) bond motifs is 1. The van der Waals surface area contributed by atoms with Crippen LogP contribution in [0.3, 0.4) is 0 Å². The summed E-state index contributed by atoms with van der Waals surface area (Å²) in [4.78, 5) is 12.5. The molecule has 0 radical (unpaired) electrons. The number of carbonyl (C=O) groups excluding carboxylic acids is 1. The van der Waals surface area contributed by atoms with Crippen LogP contribution in [0.1, 0.15) is 42.2 Å². The Bertz CT molecular complexity index is 1010. The van der Waals surface area contributed by atoms with Crippen molar-refractivity contribution in [2.75, 3.05) is 6.61 Å². The first-order chi connectivity index (χ1) is 13.2. The largest absolute Gasteiger partial charge is 0.493 e. The number of hydrogen-bond acceptors (Lipinski definition) is 4. The molecule has 1 aliphatic heterocycles. The predicted molar refractivity (Wildman–Crippen MR) is 106 cm³/mol. The van der Waals surface area contributed by atoms with Gasteiger partial charge in [-0.15, -0.1) is 0 Å². The molecule has 1 aliphatic rings. The van der Waals surface area contributed by atoms with Gasteiger partial charge in [-0.05, 0) is 50.2 Å². The summed E-state index contributed by atoms with van der Waals surface area (Å²) in [5.74, 6) is -0.822. The minimum atomic E-state index is -3.84. The zero-order valence-electron chi connectivity index (χ0n) is 15.3. The highest BCUT2D eigenvalue weighted by Crippen LogP contribution is 2.34. The Kier molecular flexibility index (Phi) is 6.07. The molecule has 2 aromatic rings. The highest BCUT2D eigenvalue weighted by atomic mass is 79.9. The van der Waals surface area contributed by atoms with E-state index in [1.165, 1.54) is 0 Å². The van der Waals surface area contributed by atoms with Gasteiger partial charge < -0.3 is 10.1 Å². The molecule has 0 spiro atoms. The summed E-state index contributed by atoms with van der Waals surface area (Å²) in [6.07, 6.45) is 0.518. The number of benzene rings is 2. The van der Waals surface area contributed by atoms with E-state index in [1.807, 2.05) is 12.1 Å². The molecule has 9 heteroatoms. The summed E-state index contributed by atoms with van der Waals surface area (Å²) >= 11 is 3.39. The Morgan fingerprint density at radius 2 is 2.00 bits per heavy atom. The van der Waals surface area contributed by atoms with Crippen LogP contribution in [0, 0.1) is 5.82 Å². The highest BCUT2D eigenvalue weighted by molar-refractivity contribution is 9.10. The average Bonchev–Trinajstić information content (AvgIpc) is 2.61. The lowest BCUT2D eigenvalue weighted by atomic mass is 10.00. The van der Waals surface area contributed by atoms with Crippen LogP contribution in [-0.2, 0) is 10.0 Å². The first kappa shape index (κ1) is 20.8. The second-order valence-electron chi connectivity index (χ2n) is 6.76. The van der Waals surface area contributed by atoms with Crippen molar-refractivity contribution in [3.05, 3.63) is 57.8 Å². The molecule has 2 aromatic carbocycles. The molecule has 28 heavy (non-hydrogen) atoms. The van der Waals surface area contributed by atoms with Gasteiger partial charge in [0.15, 0.2) is 0 Å². The van der Waals surface area contributed by atoms with Crippen molar-refractivity contribution in [3.8, 4) is 5.75 Å². The van der Waals surface area contributed by atoms with Crippen LogP contribution in [0.5, 0.6) is 5.75 Å². The van der Waals surface area contributed by atoms with E-state index in [4.69, 9.17) is 4.74 Å². The number of rotatable bonds is 5. The van der Waals surface area contributed by atoms with Crippen molar-refractivity contribution < 1.29 is 22.3 Å². The molecule has 0 aliphatic carbocycles. The molecule has 1 heterocycles. The van der Waals surface area contributed by atoms with Crippen molar-refractivity contribution >= 4 is 31.9 Å². The van der Waals surface area contributed by atoms with E-state index in [1.54, 1.807) is 19.9 Å². The maximum Gasteiger partial charge on any atom is 0.254 e. The molecule has 0 fully saturated rings. The van der Waals surface area contributed by atoms with Gasteiger partial charge >= 0.3 is 0 Å². The van der Waals surface area contributed by atoms with Gasteiger partial charge in [0.25, 0.3) is 5.91 Å². The van der Waals surface area contributed by atoms with Gasteiger partial charge in [0.05, 0.1) is 23.1 Å². The predicted octanol–water partition coefficient (Wildman–Crippen LogP) is 3.53. The van der Waals surface area contributed by atoms with E-state index < -0.39 is 21.7 Å². The normalized spacial score (nSPS) is 16.4. The monoisotopic (exact) mass is 470 g/mol. The first-order valence-electron chi connectivity index (χ1n) is 8.72. The summed E-state index contributed by atoms with van der Waals surface area (Å²) in [5.41, 5.74) is 0.453. The van der Waals surface area contributed by atoms with Gasteiger partial charge in [0.2, 0.25) is 10.0 Å². The van der Waals surface area contributed by atoms with E-state index in [9.17, 15) is 17.6 Å². The van der Waals surface area contributed by atoms with Crippen LogP contribution in [0.15, 0.2) is 45.8 Å². The topological polar surface area (TPSA) is 84.5 Å². The number of sulfonamides is 1. The number of hydrogen-bond donors (Lipinski definition) is 2. The number of carbonyl (C=O) groups is 1. The van der Waals surface area contributed by atoms with Crippen LogP contribution in [0.2, 0.25) is 0 Å². The fourth-order valence-electron chi connectivity index (χ4n) is 2.98. The van der Waals surface area contributed by atoms with E-state index in [-0.39, 0.29) is 22.5 Å². The average molecular weight is 471 g/mol. The van der Waals surface area contributed by atoms with E-state index >= 15 is 0 Å². The van der Waals surface area contributed by atoms with Crippen LogP contribution in [-0.4, -0.2) is 27.0 Å². The van der Waals surface area contributed by atoms with E-state index in [0.29, 0.717) is 18.8 Å². The quantitative estimate of drug-likeness (QED) is 0.699. The molecule has 1 atom stereocenters. The summed E-state index contributed by atoms with van der Waals surface area (Å²) in [7, 11) is -3.84. The molecule has 1 unspecified atom stereocenters. The molecule has 0 saturated heterocycles. The van der Waals surface area contributed by atoms with Crippen molar-refractivity contribution in [2.24, 2.45) is 0 Å². The maximum absolute atomic E-state index is 14.3. The molecular weight excluding hydrogens is 451 g/mol. The summed E-state index contributed by atoms with van der Waals surface area (Å²) in [6.45, 7) is 3.76. The van der Waals surface area contributed by atoms with Gasteiger partial charge in [-0.3, -0.25) is 4.79 Å². The van der Waals surface area contributed by atoms with Crippen molar-refractivity contribution in [1.82, 2.24) is 10.0 Å². The Hall–Kier alpha value is -1.97. The third-order valence-electron chi connectivity index (χ3n) is 4.20. The third kappa shape index (κ3) is 4.53. The second-order valence-corrected chi connectivity index (χ2v) is 9.39. The lowest BCUT2D eigenvalue weighted by molar-refractivity contribution is 0.0920. The summed E-state index contributed by atoms with van der Waals surface area (Å²) in [6, 6.07) is 7.93. The van der Waals surface area contributed by atoms with Gasteiger partial charge in [-0.2, -0.15) is 0 Å². The van der Waals surface area contributed by atoms with E-state index in [2.05, 4.69) is 26.0 Å². The molecule has 2 N–H and O–H groups in total. The Balaban J connectivity index is 1.88. The smallest absolute Gasteiger partial charge is 0.254 e. The fraction of sp³-hybridized carbons (Fsp3) is 0.316. The zero-order chi connectivity index (χ0) is 20.5. The lowest BCUT2D eigenvalue weighted by Crippen LogP contribution is -2.33. The maximum atomic E-state index is 14.3. The lowest BCUT2D eigenvalue weighted by Gasteiger charge is -2.27. The molecule has 150 valence electrons. The molecule has 0 bridgehead atoms. The molecular formula is C19H20BrFN2O4S. The second kappa shape index (κ2) is 8.18.